The van der Waals surface area contributed by atoms with E-state index in [4.69, 9.17) is 10.5 Å². The van der Waals surface area contributed by atoms with E-state index in [0.717, 1.165) is 0 Å². The van der Waals surface area contributed by atoms with Crippen LogP contribution in [0.15, 0.2) is 24.3 Å². The van der Waals surface area contributed by atoms with Gasteiger partial charge in [0.2, 0.25) is 0 Å². The molecule has 0 saturated heterocycles. The molecule has 0 spiro atoms. The van der Waals surface area contributed by atoms with E-state index in [2.05, 4.69) is 27.7 Å². The monoisotopic (exact) mass is 234 g/mol. The molecule has 1 rings (SSSR count). The van der Waals surface area contributed by atoms with Crippen LogP contribution in [0.5, 0.6) is 5.75 Å². The Hall–Kier alpha value is -1.51. The van der Waals surface area contributed by atoms with Crippen molar-refractivity contribution in [2.45, 2.75) is 38.7 Å². The summed E-state index contributed by atoms with van der Waals surface area (Å²) in [5, 5.41) is 0. The zero-order valence-corrected chi connectivity index (χ0v) is 10.7. The molecular weight excluding hydrogens is 214 g/mol. The first kappa shape index (κ1) is 13.6. The highest BCUT2D eigenvalue weighted by Crippen LogP contribution is 2.24. The van der Waals surface area contributed by atoms with Crippen molar-refractivity contribution in [2.75, 3.05) is 0 Å². The maximum atomic E-state index is 11.0. The Morgan fingerprint density at radius 3 is 2.24 bits per heavy atom. The molecule has 0 aliphatic rings. The lowest BCUT2D eigenvalue weighted by Crippen LogP contribution is -2.33. The van der Waals surface area contributed by atoms with Gasteiger partial charge in [0.05, 0.1) is 0 Å². The fourth-order valence-electron chi connectivity index (χ4n) is 1.46. The van der Waals surface area contributed by atoms with E-state index in [9.17, 15) is 4.79 Å². The third kappa shape index (κ3) is 3.77. The highest BCUT2D eigenvalue weighted by Gasteiger charge is 2.16. The van der Waals surface area contributed by atoms with Crippen molar-refractivity contribution < 1.29 is 9.53 Å². The van der Waals surface area contributed by atoms with Crippen LogP contribution in [0, 0.1) is 6.92 Å². The van der Waals surface area contributed by atoms with Gasteiger partial charge in [0, 0.05) is 0 Å². The minimum atomic E-state index is -0.657. The summed E-state index contributed by atoms with van der Waals surface area (Å²) < 4.78 is 5.46. The molecule has 1 amide bonds. The maximum absolute atomic E-state index is 11.0. The van der Waals surface area contributed by atoms with Crippen LogP contribution in [-0.4, -0.2) is 12.0 Å². The van der Waals surface area contributed by atoms with E-state index < -0.39 is 12.0 Å². The molecule has 0 heterocycles. The Morgan fingerprint density at radius 2 is 1.88 bits per heavy atom. The van der Waals surface area contributed by atoms with Crippen molar-refractivity contribution in [1.29, 1.82) is 0 Å². The maximum Gasteiger partial charge on any atom is 0.258 e. The number of carbonyl (C=O) groups excluding carboxylic acids is 1. The molecule has 3 heteroatoms. The number of nitrogens with two attached hydrogens (primary N) is 1. The first-order chi connectivity index (χ1) is 7.84. The Bertz CT molecular complexity index is 376. The van der Waals surface area contributed by atoms with E-state index in [0.29, 0.717) is 12.2 Å². The van der Waals surface area contributed by atoms with Crippen LogP contribution in [0.3, 0.4) is 0 Å². The van der Waals surface area contributed by atoms with Gasteiger partial charge in [-0.3, -0.25) is 4.79 Å². The van der Waals surface area contributed by atoms with Crippen LogP contribution in [0.25, 0.3) is 0 Å². The molecule has 0 saturated carbocycles. The zero-order valence-electron chi connectivity index (χ0n) is 10.7. The van der Waals surface area contributed by atoms with Gasteiger partial charge in [-0.25, -0.2) is 0 Å². The summed E-state index contributed by atoms with van der Waals surface area (Å²) >= 11 is 0. The van der Waals surface area contributed by atoms with Crippen LogP contribution < -0.4 is 10.5 Å². The molecule has 1 radical (unpaired) electrons. The summed E-state index contributed by atoms with van der Waals surface area (Å²) in [6.45, 7) is 10.1. The number of ether oxygens (including phenoxy) is 1. The van der Waals surface area contributed by atoms with Gasteiger partial charge in [-0.2, -0.15) is 0 Å². The second kappa shape index (κ2) is 5.21. The Balaban J connectivity index is 2.78. The van der Waals surface area contributed by atoms with Gasteiger partial charge in [0.15, 0.2) is 6.10 Å². The first-order valence-electron chi connectivity index (χ1n) is 5.70. The van der Waals surface area contributed by atoms with Crippen LogP contribution in [0.1, 0.15) is 32.8 Å². The summed E-state index contributed by atoms with van der Waals surface area (Å²) in [5.74, 6) is 0.158. The van der Waals surface area contributed by atoms with Gasteiger partial charge in [-0.1, -0.05) is 32.9 Å². The molecule has 1 unspecified atom stereocenters. The lowest BCUT2D eigenvalue weighted by molar-refractivity contribution is -0.124. The standard InChI is InChI=1S/C14H20NO2/c1-5-12(13(15)16)17-11-8-6-10(7-9-11)14(2,3)4/h6-9,12H,1,5H2,2-4H3,(H2,15,16). The molecule has 0 aliphatic carbocycles. The van der Waals surface area contributed by atoms with Crippen LogP contribution >= 0.6 is 0 Å². The second-order valence-corrected chi connectivity index (χ2v) is 5.07. The fourth-order valence-corrected chi connectivity index (χ4v) is 1.46. The van der Waals surface area contributed by atoms with Crippen molar-refractivity contribution in [3.63, 3.8) is 0 Å². The van der Waals surface area contributed by atoms with E-state index in [1.165, 1.54) is 5.56 Å². The zero-order chi connectivity index (χ0) is 13.1. The summed E-state index contributed by atoms with van der Waals surface area (Å²) in [6, 6.07) is 7.70. The van der Waals surface area contributed by atoms with Crippen molar-refractivity contribution in [2.24, 2.45) is 5.73 Å². The Kier molecular flexibility index (Phi) is 4.16. The summed E-state index contributed by atoms with van der Waals surface area (Å²) in [7, 11) is 0. The van der Waals surface area contributed by atoms with Gasteiger partial charge >= 0.3 is 0 Å². The van der Waals surface area contributed by atoms with Crippen molar-refractivity contribution in [1.82, 2.24) is 0 Å². The normalized spacial score (nSPS) is 13.2. The number of carbonyl (C=O) groups is 1. The molecular formula is C14H20NO2. The number of rotatable bonds is 4. The minimum Gasteiger partial charge on any atom is -0.481 e. The largest absolute Gasteiger partial charge is 0.481 e. The molecule has 1 aromatic carbocycles. The minimum absolute atomic E-state index is 0.105. The predicted molar refractivity (Wildman–Crippen MR) is 68.7 cm³/mol. The third-order valence-electron chi connectivity index (χ3n) is 2.58. The molecule has 2 N–H and O–H groups in total. The number of primary amides is 1. The third-order valence-corrected chi connectivity index (χ3v) is 2.58. The summed E-state index contributed by atoms with van der Waals surface area (Å²) in [4.78, 5) is 11.0. The van der Waals surface area contributed by atoms with Gasteiger partial charge < -0.3 is 10.5 Å². The van der Waals surface area contributed by atoms with Crippen molar-refractivity contribution >= 4 is 5.91 Å². The molecule has 0 aliphatic heterocycles. The predicted octanol–water partition coefficient (Wildman–Crippen LogP) is 2.44. The molecule has 0 aromatic heterocycles. The van der Waals surface area contributed by atoms with E-state index >= 15 is 0 Å². The second-order valence-electron chi connectivity index (χ2n) is 5.07. The average molecular weight is 234 g/mol. The number of hydrogen-bond donors (Lipinski definition) is 1. The van der Waals surface area contributed by atoms with Crippen molar-refractivity contribution in [3.05, 3.63) is 36.8 Å². The fraction of sp³-hybridized carbons (Fsp3) is 0.429. The van der Waals surface area contributed by atoms with Gasteiger partial charge in [0.25, 0.3) is 5.91 Å². The lowest BCUT2D eigenvalue weighted by atomic mass is 9.87. The summed E-state index contributed by atoms with van der Waals surface area (Å²) in [5.41, 5.74) is 6.51. The van der Waals surface area contributed by atoms with Crippen molar-refractivity contribution in [3.8, 4) is 5.75 Å². The number of hydrogen-bond acceptors (Lipinski definition) is 2. The van der Waals surface area contributed by atoms with Gasteiger partial charge in [-0.05, 0) is 36.5 Å². The Morgan fingerprint density at radius 1 is 1.35 bits per heavy atom. The molecule has 1 aromatic rings. The molecule has 3 nitrogen and oxygen atoms in total. The van der Waals surface area contributed by atoms with Crippen LogP contribution in [0.4, 0.5) is 0 Å². The molecule has 0 fully saturated rings. The quantitative estimate of drug-likeness (QED) is 0.870. The molecule has 0 bridgehead atoms. The molecule has 1 atom stereocenters. The highest BCUT2D eigenvalue weighted by molar-refractivity contribution is 5.79. The van der Waals surface area contributed by atoms with Gasteiger partial charge in [0.1, 0.15) is 5.75 Å². The van der Waals surface area contributed by atoms with E-state index in [-0.39, 0.29) is 5.41 Å². The van der Waals surface area contributed by atoms with E-state index in [1.807, 2.05) is 24.3 Å². The smallest absolute Gasteiger partial charge is 0.258 e. The number of amides is 1. The topological polar surface area (TPSA) is 52.3 Å². The van der Waals surface area contributed by atoms with E-state index in [1.54, 1.807) is 0 Å². The Labute approximate surface area is 103 Å². The first-order valence-corrected chi connectivity index (χ1v) is 5.70. The lowest BCUT2D eigenvalue weighted by Gasteiger charge is -2.20. The molecule has 93 valence electrons. The van der Waals surface area contributed by atoms with Crippen LogP contribution in [-0.2, 0) is 10.2 Å². The average Bonchev–Trinajstić information content (AvgIpc) is 2.25. The summed E-state index contributed by atoms with van der Waals surface area (Å²) in [6.07, 6.45) is -0.327. The number of benzene rings is 1. The molecule has 17 heavy (non-hydrogen) atoms. The van der Waals surface area contributed by atoms with Crippen LogP contribution in [0.2, 0.25) is 0 Å². The van der Waals surface area contributed by atoms with Gasteiger partial charge in [-0.15, -0.1) is 0 Å². The SMILES string of the molecule is [CH2]CC(Oc1ccc(C(C)(C)C)cc1)C(N)=O. The highest BCUT2D eigenvalue weighted by atomic mass is 16.5.